The van der Waals surface area contributed by atoms with Gasteiger partial charge in [-0.05, 0) is 37.3 Å². The van der Waals surface area contributed by atoms with E-state index in [-0.39, 0.29) is 6.61 Å². The van der Waals surface area contributed by atoms with Crippen LogP contribution in [0.5, 0.6) is 5.75 Å². The number of aromatic nitrogens is 1. The van der Waals surface area contributed by atoms with Gasteiger partial charge in [-0.3, -0.25) is 0 Å². The Morgan fingerprint density at radius 3 is 2.81 bits per heavy atom. The van der Waals surface area contributed by atoms with Crippen LogP contribution in [0.2, 0.25) is 10.0 Å². The summed E-state index contributed by atoms with van der Waals surface area (Å²) >= 11 is 11.9. The van der Waals surface area contributed by atoms with Crippen LogP contribution in [-0.4, -0.2) is 4.98 Å². The highest BCUT2D eigenvalue weighted by atomic mass is 35.5. The van der Waals surface area contributed by atoms with Crippen LogP contribution in [0.3, 0.4) is 0 Å². The fraction of sp³-hybridized carbons (Fsp3) is 0.133. The standard InChI is InChI=1S/C15H11Cl2NO3/c1-9-12(18-15(21-9)14-3-2-6-19-14)8-20-13-5-4-10(16)7-11(13)17/h2-7H,8H2,1H3. The minimum atomic E-state index is 0.247. The second kappa shape index (κ2) is 5.84. The van der Waals surface area contributed by atoms with Crippen LogP contribution in [0.4, 0.5) is 0 Å². The van der Waals surface area contributed by atoms with Gasteiger partial charge in [-0.1, -0.05) is 23.2 Å². The Bertz CT molecular complexity index is 750. The quantitative estimate of drug-likeness (QED) is 0.667. The van der Waals surface area contributed by atoms with Gasteiger partial charge in [-0.25, -0.2) is 4.98 Å². The number of hydrogen-bond acceptors (Lipinski definition) is 4. The van der Waals surface area contributed by atoms with Gasteiger partial charge in [-0.15, -0.1) is 0 Å². The normalized spacial score (nSPS) is 10.8. The molecule has 0 spiro atoms. The molecule has 0 aliphatic rings. The first-order chi connectivity index (χ1) is 10.1. The molecule has 0 saturated carbocycles. The third-order valence-corrected chi connectivity index (χ3v) is 3.41. The number of benzene rings is 1. The Kier molecular flexibility index (Phi) is 3.90. The van der Waals surface area contributed by atoms with Gasteiger partial charge in [0.05, 0.1) is 11.3 Å². The summed E-state index contributed by atoms with van der Waals surface area (Å²) in [4.78, 5) is 4.36. The predicted octanol–water partition coefficient (Wildman–Crippen LogP) is 5.13. The first kappa shape index (κ1) is 14.0. The summed E-state index contributed by atoms with van der Waals surface area (Å²) < 4.78 is 16.5. The largest absolute Gasteiger partial charge is 0.486 e. The van der Waals surface area contributed by atoms with Crippen molar-refractivity contribution in [2.45, 2.75) is 13.5 Å². The van der Waals surface area contributed by atoms with Crippen LogP contribution in [0.1, 0.15) is 11.5 Å². The van der Waals surface area contributed by atoms with Crippen LogP contribution in [0, 0.1) is 6.92 Å². The van der Waals surface area contributed by atoms with Crippen molar-refractivity contribution < 1.29 is 13.6 Å². The van der Waals surface area contributed by atoms with Crippen LogP contribution in [-0.2, 0) is 6.61 Å². The highest BCUT2D eigenvalue weighted by Crippen LogP contribution is 2.29. The molecule has 3 rings (SSSR count). The monoisotopic (exact) mass is 323 g/mol. The van der Waals surface area contributed by atoms with E-state index in [9.17, 15) is 0 Å². The van der Waals surface area contributed by atoms with Crippen molar-refractivity contribution in [2.24, 2.45) is 0 Å². The molecule has 0 fully saturated rings. The van der Waals surface area contributed by atoms with Gasteiger partial charge in [0.1, 0.15) is 23.8 Å². The van der Waals surface area contributed by atoms with E-state index in [1.807, 2.05) is 6.92 Å². The number of rotatable bonds is 4. The van der Waals surface area contributed by atoms with Crippen molar-refractivity contribution in [1.82, 2.24) is 4.98 Å². The number of halogens is 2. The van der Waals surface area contributed by atoms with Crippen molar-refractivity contribution in [2.75, 3.05) is 0 Å². The molecular formula is C15H11Cl2NO3. The Morgan fingerprint density at radius 1 is 1.24 bits per heavy atom. The molecule has 0 amide bonds. The first-order valence-electron chi connectivity index (χ1n) is 6.21. The molecule has 21 heavy (non-hydrogen) atoms. The summed E-state index contributed by atoms with van der Waals surface area (Å²) in [6.45, 7) is 2.07. The predicted molar refractivity (Wildman–Crippen MR) is 79.7 cm³/mol. The smallest absolute Gasteiger partial charge is 0.263 e. The van der Waals surface area contributed by atoms with Gasteiger partial charge in [0.2, 0.25) is 0 Å². The zero-order valence-electron chi connectivity index (χ0n) is 11.1. The molecule has 0 saturated heterocycles. The molecule has 6 heteroatoms. The molecule has 0 N–H and O–H groups in total. The number of ether oxygens (including phenoxy) is 1. The van der Waals surface area contributed by atoms with E-state index in [0.717, 1.165) is 0 Å². The van der Waals surface area contributed by atoms with E-state index < -0.39 is 0 Å². The van der Waals surface area contributed by atoms with E-state index in [1.54, 1.807) is 36.6 Å². The number of aryl methyl sites for hydroxylation is 1. The minimum absolute atomic E-state index is 0.247. The van der Waals surface area contributed by atoms with E-state index in [4.69, 9.17) is 36.8 Å². The third kappa shape index (κ3) is 3.06. The fourth-order valence-corrected chi connectivity index (χ4v) is 2.27. The molecule has 0 unspecified atom stereocenters. The highest BCUT2D eigenvalue weighted by molar-refractivity contribution is 6.35. The Labute approximate surface area is 131 Å². The summed E-state index contributed by atoms with van der Waals surface area (Å²) in [5.74, 6) is 2.22. The van der Waals surface area contributed by atoms with Crippen molar-refractivity contribution in [3.05, 3.63) is 58.1 Å². The zero-order chi connectivity index (χ0) is 14.8. The van der Waals surface area contributed by atoms with E-state index in [0.29, 0.717) is 38.9 Å². The minimum Gasteiger partial charge on any atom is -0.486 e. The lowest BCUT2D eigenvalue weighted by Crippen LogP contribution is -1.98. The molecule has 0 radical (unpaired) electrons. The van der Waals surface area contributed by atoms with Crippen LogP contribution >= 0.6 is 23.2 Å². The van der Waals surface area contributed by atoms with Crippen LogP contribution < -0.4 is 4.74 Å². The molecule has 108 valence electrons. The van der Waals surface area contributed by atoms with Gasteiger partial charge in [0.15, 0.2) is 5.76 Å². The molecule has 0 bridgehead atoms. The third-order valence-electron chi connectivity index (χ3n) is 2.88. The number of oxazole rings is 1. The average molecular weight is 324 g/mol. The molecule has 0 aliphatic carbocycles. The summed E-state index contributed by atoms with van der Waals surface area (Å²) in [7, 11) is 0. The topological polar surface area (TPSA) is 48.4 Å². The SMILES string of the molecule is Cc1oc(-c2ccco2)nc1COc1ccc(Cl)cc1Cl. The molecule has 2 heterocycles. The summed E-state index contributed by atoms with van der Waals surface area (Å²) in [5.41, 5.74) is 0.687. The van der Waals surface area contributed by atoms with Crippen LogP contribution in [0.15, 0.2) is 45.4 Å². The lowest BCUT2D eigenvalue weighted by Gasteiger charge is -2.06. The maximum Gasteiger partial charge on any atom is 0.263 e. The average Bonchev–Trinajstić information content (AvgIpc) is 3.07. The van der Waals surface area contributed by atoms with Crippen LogP contribution in [0.25, 0.3) is 11.7 Å². The van der Waals surface area contributed by atoms with E-state index in [2.05, 4.69) is 4.98 Å². The van der Waals surface area contributed by atoms with Gasteiger partial charge in [-0.2, -0.15) is 0 Å². The van der Waals surface area contributed by atoms with Crippen molar-refractivity contribution in [3.8, 4) is 17.4 Å². The second-order valence-electron chi connectivity index (χ2n) is 4.36. The molecule has 0 aliphatic heterocycles. The number of furan rings is 1. The molecule has 4 nitrogen and oxygen atoms in total. The second-order valence-corrected chi connectivity index (χ2v) is 5.21. The van der Waals surface area contributed by atoms with Crippen molar-refractivity contribution >= 4 is 23.2 Å². The lowest BCUT2D eigenvalue weighted by molar-refractivity contribution is 0.299. The Balaban J connectivity index is 1.76. The van der Waals surface area contributed by atoms with Gasteiger partial charge < -0.3 is 13.6 Å². The van der Waals surface area contributed by atoms with Gasteiger partial charge in [0.25, 0.3) is 5.89 Å². The highest BCUT2D eigenvalue weighted by Gasteiger charge is 2.14. The van der Waals surface area contributed by atoms with Gasteiger partial charge in [0, 0.05) is 5.02 Å². The number of nitrogens with zero attached hydrogens (tertiary/aromatic N) is 1. The first-order valence-corrected chi connectivity index (χ1v) is 6.97. The summed E-state index contributed by atoms with van der Waals surface area (Å²) in [6.07, 6.45) is 1.57. The summed E-state index contributed by atoms with van der Waals surface area (Å²) in [5, 5.41) is 1.01. The number of hydrogen-bond donors (Lipinski definition) is 0. The van der Waals surface area contributed by atoms with Crippen molar-refractivity contribution in [3.63, 3.8) is 0 Å². The molecule has 2 aromatic heterocycles. The Morgan fingerprint density at radius 2 is 2.10 bits per heavy atom. The molecular weight excluding hydrogens is 313 g/mol. The Hall–Kier alpha value is -1.91. The maximum absolute atomic E-state index is 6.05. The molecule has 3 aromatic rings. The fourth-order valence-electron chi connectivity index (χ4n) is 1.81. The van der Waals surface area contributed by atoms with E-state index >= 15 is 0 Å². The summed E-state index contributed by atoms with van der Waals surface area (Å²) in [6, 6.07) is 8.62. The van der Waals surface area contributed by atoms with E-state index in [1.165, 1.54) is 0 Å². The zero-order valence-corrected chi connectivity index (χ0v) is 12.6. The van der Waals surface area contributed by atoms with Gasteiger partial charge >= 0.3 is 0 Å². The maximum atomic E-state index is 6.05. The molecule has 0 atom stereocenters. The van der Waals surface area contributed by atoms with Crippen molar-refractivity contribution in [1.29, 1.82) is 0 Å². The molecule has 1 aromatic carbocycles. The lowest BCUT2D eigenvalue weighted by atomic mass is 10.3.